The number of nitrogens with one attached hydrogen (secondary N) is 1. The maximum Gasteiger partial charge on any atom is 0.0309 e. The maximum absolute atomic E-state index is 3.90. The Morgan fingerprint density at radius 2 is 1.81 bits per heavy atom. The molecule has 0 aromatic heterocycles. The molecule has 2 rings (SSSR count). The molecule has 2 aliphatic rings. The number of piperazine rings is 1. The third-order valence-electron chi connectivity index (χ3n) is 5.06. The van der Waals surface area contributed by atoms with Crippen LogP contribution in [0.15, 0.2) is 0 Å². The predicted octanol–water partition coefficient (Wildman–Crippen LogP) is 2.78. The molecule has 0 radical (unpaired) electrons. The van der Waals surface area contributed by atoms with E-state index in [1.54, 1.807) is 0 Å². The highest BCUT2D eigenvalue weighted by Gasteiger charge is 2.43. The molecule has 1 saturated carbocycles. The van der Waals surface area contributed by atoms with Gasteiger partial charge >= 0.3 is 0 Å². The van der Waals surface area contributed by atoms with Crippen LogP contribution in [0.5, 0.6) is 0 Å². The van der Waals surface area contributed by atoms with Gasteiger partial charge in [-0.2, -0.15) is 0 Å². The molecule has 1 atom stereocenters. The van der Waals surface area contributed by atoms with E-state index in [1.165, 1.54) is 58.2 Å². The molecule has 0 amide bonds. The van der Waals surface area contributed by atoms with Crippen LogP contribution in [0.25, 0.3) is 0 Å². The molecule has 1 aliphatic heterocycles. The normalized spacial score (nSPS) is 35.4. The number of likely N-dealkylation sites (N-methyl/N-ethyl adjacent to an activating group) is 1. The minimum atomic E-state index is 0.386. The van der Waals surface area contributed by atoms with Gasteiger partial charge in [0.2, 0.25) is 0 Å². The second-order valence-corrected chi connectivity index (χ2v) is 6.06. The summed E-state index contributed by atoms with van der Waals surface area (Å²) in [5, 5.41) is 3.90. The summed E-state index contributed by atoms with van der Waals surface area (Å²) in [7, 11) is 0. The average molecular weight is 224 g/mol. The summed E-state index contributed by atoms with van der Waals surface area (Å²) in [4.78, 5) is 2.72. The Labute approximate surface area is 101 Å². The van der Waals surface area contributed by atoms with Gasteiger partial charge in [-0.3, -0.25) is 4.90 Å². The highest BCUT2D eigenvalue weighted by Crippen LogP contribution is 2.35. The Bertz CT molecular complexity index is 233. The van der Waals surface area contributed by atoms with Gasteiger partial charge in [0, 0.05) is 24.2 Å². The quantitative estimate of drug-likeness (QED) is 0.776. The van der Waals surface area contributed by atoms with Crippen molar-refractivity contribution in [3.05, 3.63) is 0 Å². The van der Waals surface area contributed by atoms with Crippen molar-refractivity contribution in [2.24, 2.45) is 0 Å². The molecule has 1 heterocycles. The molecule has 16 heavy (non-hydrogen) atoms. The van der Waals surface area contributed by atoms with Gasteiger partial charge in [-0.15, -0.1) is 0 Å². The Hall–Kier alpha value is -0.0800. The van der Waals surface area contributed by atoms with Crippen molar-refractivity contribution in [1.29, 1.82) is 0 Å². The van der Waals surface area contributed by atoms with Crippen molar-refractivity contribution >= 4 is 0 Å². The van der Waals surface area contributed by atoms with Crippen molar-refractivity contribution in [2.75, 3.05) is 19.6 Å². The summed E-state index contributed by atoms with van der Waals surface area (Å²) >= 11 is 0. The standard InChI is InChI=1S/C14H28N2/c1-4-13(3)11-15-14(12-16(13)5-2)9-7-6-8-10-14/h15H,4-12H2,1-3H3. The van der Waals surface area contributed by atoms with Crippen LogP contribution < -0.4 is 5.32 Å². The van der Waals surface area contributed by atoms with E-state index in [-0.39, 0.29) is 0 Å². The predicted molar refractivity (Wildman–Crippen MR) is 69.8 cm³/mol. The number of rotatable bonds is 2. The monoisotopic (exact) mass is 224 g/mol. The van der Waals surface area contributed by atoms with Crippen LogP contribution in [0.3, 0.4) is 0 Å². The number of hydrogen-bond donors (Lipinski definition) is 1. The first-order valence-corrected chi connectivity index (χ1v) is 7.14. The minimum Gasteiger partial charge on any atom is -0.308 e. The molecule has 2 nitrogen and oxygen atoms in total. The van der Waals surface area contributed by atoms with Gasteiger partial charge in [0.05, 0.1) is 0 Å². The van der Waals surface area contributed by atoms with E-state index >= 15 is 0 Å². The van der Waals surface area contributed by atoms with Gasteiger partial charge in [0.1, 0.15) is 0 Å². The lowest BCUT2D eigenvalue weighted by molar-refractivity contribution is 0.00245. The van der Waals surface area contributed by atoms with Crippen molar-refractivity contribution in [2.45, 2.75) is 70.4 Å². The minimum absolute atomic E-state index is 0.386. The van der Waals surface area contributed by atoms with Gasteiger partial charge < -0.3 is 5.32 Å². The zero-order chi connectivity index (χ0) is 11.6. The summed E-state index contributed by atoms with van der Waals surface area (Å²) in [5.74, 6) is 0. The van der Waals surface area contributed by atoms with Crippen LogP contribution in [0.4, 0.5) is 0 Å². The lowest BCUT2D eigenvalue weighted by Crippen LogP contribution is -2.69. The van der Waals surface area contributed by atoms with E-state index in [4.69, 9.17) is 0 Å². The Kier molecular flexibility index (Phi) is 3.60. The third-order valence-corrected chi connectivity index (χ3v) is 5.06. The van der Waals surface area contributed by atoms with Gasteiger partial charge in [-0.25, -0.2) is 0 Å². The SMILES string of the molecule is CCN1CC2(CCCCC2)NCC1(C)CC. The first-order chi connectivity index (χ1) is 7.64. The smallest absolute Gasteiger partial charge is 0.0309 e. The first kappa shape index (κ1) is 12.4. The van der Waals surface area contributed by atoms with Gasteiger partial charge in [-0.1, -0.05) is 33.1 Å². The van der Waals surface area contributed by atoms with Gasteiger partial charge in [-0.05, 0) is 32.7 Å². The summed E-state index contributed by atoms with van der Waals surface area (Å²) in [6.07, 6.45) is 8.33. The fraction of sp³-hybridized carbons (Fsp3) is 1.00. The fourth-order valence-corrected chi connectivity index (χ4v) is 3.51. The highest BCUT2D eigenvalue weighted by atomic mass is 15.3. The zero-order valence-corrected chi connectivity index (χ0v) is 11.3. The van der Waals surface area contributed by atoms with Crippen LogP contribution in [-0.4, -0.2) is 35.6 Å². The first-order valence-electron chi connectivity index (χ1n) is 7.14. The molecular formula is C14H28N2. The van der Waals surface area contributed by atoms with Crippen molar-refractivity contribution in [1.82, 2.24) is 10.2 Å². The molecule has 0 aromatic carbocycles. The molecule has 0 bridgehead atoms. The average Bonchev–Trinajstić information content (AvgIpc) is 2.34. The zero-order valence-electron chi connectivity index (χ0n) is 11.3. The summed E-state index contributed by atoms with van der Waals surface area (Å²) < 4.78 is 0. The lowest BCUT2D eigenvalue weighted by atomic mass is 9.77. The largest absolute Gasteiger partial charge is 0.308 e. The van der Waals surface area contributed by atoms with E-state index in [0.29, 0.717) is 11.1 Å². The Morgan fingerprint density at radius 1 is 1.12 bits per heavy atom. The van der Waals surface area contributed by atoms with Gasteiger partial charge in [0.25, 0.3) is 0 Å². The van der Waals surface area contributed by atoms with Crippen LogP contribution in [0, 0.1) is 0 Å². The molecule has 1 unspecified atom stereocenters. The second-order valence-electron chi connectivity index (χ2n) is 6.06. The third kappa shape index (κ3) is 2.14. The fourth-order valence-electron chi connectivity index (χ4n) is 3.51. The topological polar surface area (TPSA) is 15.3 Å². The van der Waals surface area contributed by atoms with E-state index in [0.717, 1.165) is 0 Å². The summed E-state index contributed by atoms with van der Waals surface area (Å²) in [5.41, 5.74) is 0.848. The van der Waals surface area contributed by atoms with E-state index in [1.807, 2.05) is 0 Å². The molecule has 2 heteroatoms. The molecule has 0 aromatic rings. The van der Waals surface area contributed by atoms with Crippen LogP contribution in [-0.2, 0) is 0 Å². The Morgan fingerprint density at radius 3 is 2.38 bits per heavy atom. The number of hydrogen-bond acceptors (Lipinski definition) is 2. The molecule has 1 saturated heterocycles. The second kappa shape index (κ2) is 4.66. The van der Waals surface area contributed by atoms with Crippen molar-refractivity contribution in [3.8, 4) is 0 Å². The van der Waals surface area contributed by atoms with Crippen LogP contribution in [0.1, 0.15) is 59.3 Å². The van der Waals surface area contributed by atoms with Crippen molar-refractivity contribution < 1.29 is 0 Å². The lowest BCUT2D eigenvalue weighted by Gasteiger charge is -2.54. The van der Waals surface area contributed by atoms with Crippen molar-refractivity contribution in [3.63, 3.8) is 0 Å². The highest BCUT2D eigenvalue weighted by molar-refractivity contribution is 5.03. The molecule has 1 aliphatic carbocycles. The van der Waals surface area contributed by atoms with E-state index in [2.05, 4.69) is 31.0 Å². The maximum atomic E-state index is 3.90. The molecule has 1 spiro atoms. The summed E-state index contributed by atoms with van der Waals surface area (Å²) in [6.45, 7) is 10.7. The van der Waals surface area contributed by atoms with E-state index in [9.17, 15) is 0 Å². The van der Waals surface area contributed by atoms with Crippen LogP contribution in [0.2, 0.25) is 0 Å². The molecule has 1 N–H and O–H groups in total. The summed E-state index contributed by atoms with van der Waals surface area (Å²) in [6, 6.07) is 0. The van der Waals surface area contributed by atoms with E-state index < -0.39 is 0 Å². The number of nitrogens with zero attached hydrogens (tertiary/aromatic N) is 1. The van der Waals surface area contributed by atoms with Crippen LogP contribution >= 0.6 is 0 Å². The van der Waals surface area contributed by atoms with Gasteiger partial charge in [0.15, 0.2) is 0 Å². The molecule has 2 fully saturated rings. The molecule has 94 valence electrons. The molecular weight excluding hydrogens is 196 g/mol. The Balaban J connectivity index is 2.07.